The van der Waals surface area contributed by atoms with E-state index in [0.717, 1.165) is 4.31 Å². The van der Waals surface area contributed by atoms with Gasteiger partial charge in [0.25, 0.3) is 11.6 Å². The van der Waals surface area contributed by atoms with E-state index in [1.165, 1.54) is 50.5 Å². The quantitative estimate of drug-likeness (QED) is 0.614. The average Bonchev–Trinajstić information content (AvgIpc) is 2.61. The van der Waals surface area contributed by atoms with E-state index in [4.69, 9.17) is 0 Å². The zero-order chi connectivity index (χ0) is 19.5. The predicted octanol–water partition coefficient (Wildman–Crippen LogP) is 2.34. The van der Waals surface area contributed by atoms with Gasteiger partial charge in [0.2, 0.25) is 10.0 Å². The summed E-state index contributed by atoms with van der Waals surface area (Å²) in [7, 11) is -0.832. The molecular weight excluding hydrogens is 358 g/mol. The second-order valence-electron chi connectivity index (χ2n) is 5.86. The van der Waals surface area contributed by atoms with Gasteiger partial charge in [0.1, 0.15) is 0 Å². The van der Waals surface area contributed by atoms with Gasteiger partial charge < -0.3 is 5.32 Å². The number of carbonyl (C=O) groups excluding carboxylic acids is 1. The lowest BCUT2D eigenvalue weighted by atomic mass is 10.1. The van der Waals surface area contributed by atoms with Gasteiger partial charge in [0.05, 0.1) is 15.9 Å². The van der Waals surface area contributed by atoms with Crippen molar-refractivity contribution in [1.82, 2.24) is 9.62 Å². The topological polar surface area (TPSA) is 110 Å². The highest BCUT2D eigenvalue weighted by Crippen LogP contribution is 2.20. The van der Waals surface area contributed by atoms with Gasteiger partial charge in [-0.05, 0) is 30.7 Å². The molecule has 1 amide bonds. The minimum atomic E-state index is -3.65. The minimum absolute atomic E-state index is 0.0122. The van der Waals surface area contributed by atoms with E-state index >= 15 is 0 Å². The second-order valence-corrected chi connectivity index (χ2v) is 8.01. The molecule has 0 heterocycles. The normalized spacial score (nSPS) is 12.6. The third kappa shape index (κ3) is 4.24. The van der Waals surface area contributed by atoms with Gasteiger partial charge in [-0.2, -0.15) is 0 Å². The summed E-state index contributed by atoms with van der Waals surface area (Å²) in [5.41, 5.74) is 0.692. The van der Waals surface area contributed by atoms with Crippen LogP contribution in [0, 0.1) is 10.1 Å². The summed E-state index contributed by atoms with van der Waals surface area (Å²) in [6.07, 6.45) is 0. The first-order valence-electron chi connectivity index (χ1n) is 7.70. The zero-order valence-corrected chi connectivity index (χ0v) is 15.4. The van der Waals surface area contributed by atoms with Gasteiger partial charge in [-0.3, -0.25) is 14.9 Å². The van der Waals surface area contributed by atoms with Gasteiger partial charge in [-0.25, -0.2) is 12.7 Å². The Morgan fingerprint density at radius 3 is 2.42 bits per heavy atom. The number of rotatable bonds is 6. The molecule has 2 rings (SSSR count). The first-order chi connectivity index (χ1) is 12.1. The molecule has 8 nitrogen and oxygen atoms in total. The molecule has 0 radical (unpaired) electrons. The van der Waals surface area contributed by atoms with Crippen LogP contribution < -0.4 is 5.32 Å². The van der Waals surface area contributed by atoms with E-state index in [2.05, 4.69) is 5.32 Å². The lowest BCUT2D eigenvalue weighted by Gasteiger charge is -2.15. The zero-order valence-electron chi connectivity index (χ0n) is 14.5. The van der Waals surface area contributed by atoms with Crippen LogP contribution in [0.15, 0.2) is 53.4 Å². The standard InChI is InChI=1S/C17H19N3O5S/c1-12(13-6-4-8-15(10-13)20(22)23)18-17(21)14-7-5-9-16(11-14)26(24,25)19(2)3/h4-12H,1-3H3,(H,18,21). The molecule has 0 aromatic heterocycles. The maximum Gasteiger partial charge on any atom is 0.269 e. The number of hydrogen-bond acceptors (Lipinski definition) is 5. The van der Waals surface area contributed by atoms with Gasteiger partial charge in [0, 0.05) is 31.8 Å². The Kier molecular flexibility index (Phi) is 5.73. The van der Waals surface area contributed by atoms with E-state index in [-0.39, 0.29) is 16.1 Å². The minimum Gasteiger partial charge on any atom is -0.346 e. The van der Waals surface area contributed by atoms with Crippen LogP contribution in [0.4, 0.5) is 5.69 Å². The molecule has 1 atom stereocenters. The number of nitrogens with zero attached hydrogens (tertiary/aromatic N) is 2. The molecule has 0 aliphatic carbocycles. The average molecular weight is 377 g/mol. The van der Waals surface area contributed by atoms with E-state index in [0.29, 0.717) is 5.56 Å². The fourth-order valence-electron chi connectivity index (χ4n) is 2.28. The second kappa shape index (κ2) is 7.63. The molecule has 0 aliphatic rings. The van der Waals surface area contributed by atoms with Crippen LogP contribution in [-0.4, -0.2) is 37.6 Å². The molecule has 138 valence electrons. The summed E-state index contributed by atoms with van der Waals surface area (Å²) in [6, 6.07) is 11.2. The van der Waals surface area contributed by atoms with Crippen molar-refractivity contribution in [3.63, 3.8) is 0 Å². The van der Waals surface area contributed by atoms with Crippen molar-refractivity contribution >= 4 is 21.6 Å². The van der Waals surface area contributed by atoms with Crippen LogP contribution in [0.5, 0.6) is 0 Å². The predicted molar refractivity (Wildman–Crippen MR) is 96.3 cm³/mol. The van der Waals surface area contributed by atoms with Gasteiger partial charge in [-0.15, -0.1) is 0 Å². The Balaban J connectivity index is 2.23. The smallest absolute Gasteiger partial charge is 0.269 e. The monoisotopic (exact) mass is 377 g/mol. The molecule has 26 heavy (non-hydrogen) atoms. The van der Waals surface area contributed by atoms with Crippen molar-refractivity contribution in [1.29, 1.82) is 0 Å². The number of nitrogens with one attached hydrogen (secondary N) is 1. The Morgan fingerprint density at radius 2 is 1.81 bits per heavy atom. The first-order valence-corrected chi connectivity index (χ1v) is 9.14. The summed E-state index contributed by atoms with van der Waals surface area (Å²) in [5, 5.41) is 13.6. The highest BCUT2D eigenvalue weighted by molar-refractivity contribution is 7.89. The number of nitro groups is 1. The SMILES string of the molecule is CC(NC(=O)c1cccc(S(=O)(=O)N(C)C)c1)c1cccc([N+](=O)[O-])c1. The van der Waals surface area contributed by atoms with E-state index in [9.17, 15) is 23.3 Å². The number of non-ortho nitro benzene ring substituents is 1. The van der Waals surface area contributed by atoms with E-state index in [1.54, 1.807) is 19.1 Å². The van der Waals surface area contributed by atoms with E-state index < -0.39 is 26.9 Å². The molecule has 0 saturated carbocycles. The molecular formula is C17H19N3O5S. The molecule has 0 aliphatic heterocycles. The summed E-state index contributed by atoms with van der Waals surface area (Å²) < 4.78 is 25.4. The molecule has 1 unspecified atom stereocenters. The number of carbonyl (C=O) groups is 1. The number of hydrogen-bond donors (Lipinski definition) is 1. The highest BCUT2D eigenvalue weighted by Gasteiger charge is 2.20. The summed E-state index contributed by atoms with van der Waals surface area (Å²) in [5.74, 6) is -0.472. The van der Waals surface area contributed by atoms with Crippen molar-refractivity contribution in [2.24, 2.45) is 0 Å². The highest BCUT2D eigenvalue weighted by atomic mass is 32.2. The van der Waals surface area contributed by atoms with Crippen LogP contribution in [0.25, 0.3) is 0 Å². The van der Waals surface area contributed by atoms with Crippen LogP contribution in [-0.2, 0) is 10.0 Å². The number of nitro benzene ring substituents is 1. The lowest BCUT2D eigenvalue weighted by Crippen LogP contribution is -2.27. The van der Waals surface area contributed by atoms with Crippen molar-refractivity contribution in [2.75, 3.05) is 14.1 Å². The summed E-state index contributed by atoms with van der Waals surface area (Å²) in [4.78, 5) is 22.8. The van der Waals surface area contributed by atoms with Crippen LogP contribution in [0.3, 0.4) is 0 Å². The molecule has 0 bridgehead atoms. The summed E-state index contributed by atoms with van der Waals surface area (Å²) >= 11 is 0. The fourth-order valence-corrected chi connectivity index (χ4v) is 3.23. The van der Waals surface area contributed by atoms with Crippen molar-refractivity contribution in [3.05, 3.63) is 69.8 Å². The molecule has 0 spiro atoms. The van der Waals surface area contributed by atoms with Crippen LogP contribution in [0.1, 0.15) is 28.9 Å². The van der Waals surface area contributed by atoms with Gasteiger partial charge >= 0.3 is 0 Å². The molecule has 0 saturated heterocycles. The van der Waals surface area contributed by atoms with Gasteiger partial charge in [0.15, 0.2) is 0 Å². The van der Waals surface area contributed by atoms with Crippen LogP contribution >= 0.6 is 0 Å². The summed E-state index contributed by atoms with van der Waals surface area (Å²) in [6.45, 7) is 1.69. The molecule has 2 aromatic rings. The molecule has 1 N–H and O–H groups in total. The maximum absolute atomic E-state index is 12.4. The Labute approximate surface area is 151 Å². The van der Waals surface area contributed by atoms with E-state index in [1.807, 2.05) is 0 Å². The van der Waals surface area contributed by atoms with Crippen molar-refractivity contribution in [3.8, 4) is 0 Å². The van der Waals surface area contributed by atoms with Crippen LogP contribution in [0.2, 0.25) is 0 Å². The first kappa shape index (κ1) is 19.5. The molecule has 9 heteroatoms. The Hall–Kier alpha value is -2.78. The van der Waals surface area contributed by atoms with Crippen molar-refractivity contribution in [2.45, 2.75) is 17.9 Å². The number of sulfonamides is 1. The largest absolute Gasteiger partial charge is 0.346 e. The Bertz CT molecular complexity index is 941. The molecule has 0 fully saturated rings. The third-order valence-electron chi connectivity index (χ3n) is 3.80. The fraction of sp³-hybridized carbons (Fsp3) is 0.235. The lowest BCUT2D eigenvalue weighted by molar-refractivity contribution is -0.384. The number of amides is 1. The van der Waals surface area contributed by atoms with Gasteiger partial charge in [-0.1, -0.05) is 18.2 Å². The van der Waals surface area contributed by atoms with Crippen molar-refractivity contribution < 1.29 is 18.1 Å². The molecule has 2 aromatic carbocycles. The maximum atomic E-state index is 12.4. The number of benzene rings is 2. The Morgan fingerprint density at radius 1 is 1.15 bits per heavy atom. The third-order valence-corrected chi connectivity index (χ3v) is 5.61.